The summed E-state index contributed by atoms with van der Waals surface area (Å²) in [5, 5.41) is 0. The highest BCUT2D eigenvalue weighted by Crippen LogP contribution is 2.35. The molecule has 1 unspecified atom stereocenters. The van der Waals surface area contributed by atoms with Crippen LogP contribution in [0.25, 0.3) is 0 Å². The Morgan fingerprint density at radius 3 is 2.33 bits per heavy atom. The van der Waals surface area contributed by atoms with Gasteiger partial charge in [-0.2, -0.15) is 0 Å². The van der Waals surface area contributed by atoms with Crippen LogP contribution in [0.1, 0.15) is 73.1 Å². The Hall–Kier alpha value is -0.260. The van der Waals surface area contributed by atoms with Gasteiger partial charge in [-0.1, -0.05) is 52.5 Å². The average Bonchev–Trinajstić information content (AvgIpc) is 2.13. The van der Waals surface area contributed by atoms with E-state index in [1.165, 1.54) is 44.1 Å². The van der Waals surface area contributed by atoms with Gasteiger partial charge in [-0.25, -0.2) is 0 Å². The van der Waals surface area contributed by atoms with Crippen LogP contribution in [0.2, 0.25) is 0 Å². The zero-order valence-corrected chi connectivity index (χ0v) is 11.5. The standard InChI is InChI=1S/C15H30/c1-7-8-11-14(4)15(5,6)12-9-10-13(2)3/h14H,2,7-12H2,1,3-6H3. The van der Waals surface area contributed by atoms with Crippen LogP contribution >= 0.6 is 0 Å². The Morgan fingerprint density at radius 2 is 1.87 bits per heavy atom. The van der Waals surface area contributed by atoms with Gasteiger partial charge in [-0.05, 0) is 37.5 Å². The molecule has 90 valence electrons. The molecule has 0 saturated heterocycles. The molecule has 0 aliphatic carbocycles. The van der Waals surface area contributed by atoms with Gasteiger partial charge in [-0.3, -0.25) is 0 Å². The molecule has 0 aliphatic heterocycles. The molecule has 0 aromatic heterocycles. The Morgan fingerprint density at radius 1 is 1.27 bits per heavy atom. The van der Waals surface area contributed by atoms with Crippen molar-refractivity contribution in [1.29, 1.82) is 0 Å². The fraction of sp³-hybridized carbons (Fsp3) is 0.867. The number of allylic oxidation sites excluding steroid dienone is 1. The minimum Gasteiger partial charge on any atom is -0.100 e. The highest BCUT2D eigenvalue weighted by Gasteiger charge is 2.24. The van der Waals surface area contributed by atoms with E-state index in [9.17, 15) is 0 Å². The van der Waals surface area contributed by atoms with E-state index in [4.69, 9.17) is 0 Å². The summed E-state index contributed by atoms with van der Waals surface area (Å²) in [6.45, 7) is 15.6. The van der Waals surface area contributed by atoms with Gasteiger partial charge in [0.05, 0.1) is 0 Å². The van der Waals surface area contributed by atoms with Crippen LogP contribution in [0, 0.1) is 11.3 Å². The number of hydrogen-bond donors (Lipinski definition) is 0. The van der Waals surface area contributed by atoms with Crippen molar-refractivity contribution in [2.45, 2.75) is 73.1 Å². The van der Waals surface area contributed by atoms with Crippen LogP contribution in [0.4, 0.5) is 0 Å². The Labute approximate surface area is 97.2 Å². The van der Waals surface area contributed by atoms with Crippen molar-refractivity contribution in [2.75, 3.05) is 0 Å². The lowest BCUT2D eigenvalue weighted by molar-refractivity contribution is 0.192. The third-order valence-corrected chi connectivity index (χ3v) is 3.75. The quantitative estimate of drug-likeness (QED) is 0.458. The lowest BCUT2D eigenvalue weighted by Gasteiger charge is -2.32. The van der Waals surface area contributed by atoms with Crippen molar-refractivity contribution in [3.8, 4) is 0 Å². The van der Waals surface area contributed by atoms with Crippen LogP contribution in [0.3, 0.4) is 0 Å². The van der Waals surface area contributed by atoms with Crippen LogP contribution in [-0.2, 0) is 0 Å². The molecule has 0 N–H and O–H groups in total. The van der Waals surface area contributed by atoms with Crippen LogP contribution in [0.5, 0.6) is 0 Å². The van der Waals surface area contributed by atoms with Crippen molar-refractivity contribution in [3.63, 3.8) is 0 Å². The van der Waals surface area contributed by atoms with Crippen molar-refractivity contribution in [2.24, 2.45) is 11.3 Å². The second kappa shape index (κ2) is 7.09. The van der Waals surface area contributed by atoms with Gasteiger partial charge in [0.1, 0.15) is 0 Å². The molecule has 0 nitrogen and oxygen atoms in total. The largest absolute Gasteiger partial charge is 0.100 e. The molecule has 0 aromatic rings. The van der Waals surface area contributed by atoms with Gasteiger partial charge >= 0.3 is 0 Å². The van der Waals surface area contributed by atoms with Crippen LogP contribution < -0.4 is 0 Å². The predicted octanol–water partition coefficient (Wildman–Crippen LogP) is 5.59. The normalized spacial score (nSPS) is 13.9. The first-order chi connectivity index (χ1) is 6.90. The zero-order valence-electron chi connectivity index (χ0n) is 11.5. The first-order valence-electron chi connectivity index (χ1n) is 6.54. The summed E-state index contributed by atoms with van der Waals surface area (Å²) in [4.78, 5) is 0. The summed E-state index contributed by atoms with van der Waals surface area (Å²) >= 11 is 0. The summed E-state index contributed by atoms with van der Waals surface area (Å²) in [7, 11) is 0. The van der Waals surface area contributed by atoms with E-state index in [2.05, 4.69) is 41.2 Å². The predicted molar refractivity (Wildman–Crippen MR) is 71.1 cm³/mol. The fourth-order valence-corrected chi connectivity index (χ4v) is 1.99. The van der Waals surface area contributed by atoms with E-state index >= 15 is 0 Å². The second-order valence-corrected chi connectivity index (χ2v) is 5.84. The first-order valence-corrected chi connectivity index (χ1v) is 6.54. The molecule has 0 fully saturated rings. The molecule has 0 rings (SSSR count). The molecule has 0 aromatic carbocycles. The summed E-state index contributed by atoms with van der Waals surface area (Å²) in [5.74, 6) is 0.850. The number of hydrogen-bond acceptors (Lipinski definition) is 0. The fourth-order valence-electron chi connectivity index (χ4n) is 1.99. The number of rotatable bonds is 8. The van der Waals surface area contributed by atoms with Crippen molar-refractivity contribution < 1.29 is 0 Å². The zero-order chi connectivity index (χ0) is 11.9. The van der Waals surface area contributed by atoms with Gasteiger partial charge in [0.15, 0.2) is 0 Å². The van der Waals surface area contributed by atoms with Gasteiger partial charge in [0, 0.05) is 0 Å². The molecule has 0 heterocycles. The molecular formula is C15H30. The first kappa shape index (κ1) is 14.7. The van der Waals surface area contributed by atoms with E-state index in [0.29, 0.717) is 5.41 Å². The van der Waals surface area contributed by atoms with E-state index in [1.54, 1.807) is 0 Å². The average molecular weight is 210 g/mol. The van der Waals surface area contributed by atoms with E-state index < -0.39 is 0 Å². The minimum absolute atomic E-state index is 0.505. The van der Waals surface area contributed by atoms with Crippen molar-refractivity contribution in [3.05, 3.63) is 12.2 Å². The van der Waals surface area contributed by atoms with Gasteiger partial charge in [-0.15, -0.1) is 6.58 Å². The van der Waals surface area contributed by atoms with Crippen molar-refractivity contribution in [1.82, 2.24) is 0 Å². The van der Waals surface area contributed by atoms with Crippen molar-refractivity contribution >= 4 is 0 Å². The van der Waals surface area contributed by atoms with Crippen LogP contribution in [-0.4, -0.2) is 0 Å². The molecule has 0 aliphatic rings. The summed E-state index contributed by atoms with van der Waals surface area (Å²) < 4.78 is 0. The Balaban J connectivity index is 3.87. The molecule has 0 amide bonds. The second-order valence-electron chi connectivity index (χ2n) is 5.84. The summed E-state index contributed by atoms with van der Waals surface area (Å²) in [5.41, 5.74) is 1.83. The monoisotopic (exact) mass is 210 g/mol. The molecule has 0 bridgehead atoms. The maximum atomic E-state index is 3.97. The topological polar surface area (TPSA) is 0 Å². The van der Waals surface area contributed by atoms with E-state index in [1.807, 2.05) is 0 Å². The van der Waals surface area contributed by atoms with Gasteiger partial charge < -0.3 is 0 Å². The highest BCUT2D eigenvalue weighted by atomic mass is 14.3. The highest BCUT2D eigenvalue weighted by molar-refractivity contribution is 4.88. The SMILES string of the molecule is C=C(C)CCCC(C)(C)C(C)CCCC. The van der Waals surface area contributed by atoms with E-state index in [-0.39, 0.29) is 0 Å². The molecule has 1 atom stereocenters. The third kappa shape index (κ3) is 6.76. The lowest BCUT2D eigenvalue weighted by atomic mass is 9.74. The summed E-state index contributed by atoms with van der Waals surface area (Å²) in [6, 6.07) is 0. The van der Waals surface area contributed by atoms with E-state index in [0.717, 1.165) is 5.92 Å². The molecule has 0 spiro atoms. The Kier molecular flexibility index (Phi) is 6.96. The third-order valence-electron chi connectivity index (χ3n) is 3.75. The smallest absolute Gasteiger partial charge is 0.0326 e. The van der Waals surface area contributed by atoms with Gasteiger partial charge in [0.25, 0.3) is 0 Å². The minimum atomic E-state index is 0.505. The molecule has 0 radical (unpaired) electrons. The number of unbranched alkanes of at least 4 members (excludes halogenated alkanes) is 1. The molecular weight excluding hydrogens is 180 g/mol. The molecule has 0 saturated carbocycles. The maximum Gasteiger partial charge on any atom is -0.0326 e. The summed E-state index contributed by atoms with van der Waals surface area (Å²) in [6.07, 6.45) is 7.93. The van der Waals surface area contributed by atoms with Crippen LogP contribution in [0.15, 0.2) is 12.2 Å². The van der Waals surface area contributed by atoms with Gasteiger partial charge in [0.2, 0.25) is 0 Å². The molecule has 15 heavy (non-hydrogen) atoms. The molecule has 0 heteroatoms. The Bertz CT molecular complexity index is 176. The lowest BCUT2D eigenvalue weighted by Crippen LogP contribution is -2.21. The maximum absolute atomic E-state index is 3.97.